The van der Waals surface area contributed by atoms with Gasteiger partial charge in [0.1, 0.15) is 5.60 Å². The third kappa shape index (κ3) is 2.80. The number of rotatable bonds is 2. The zero-order valence-electron chi connectivity index (χ0n) is 16.6. The smallest absolute Gasteiger partial charge is 0.166 e. The van der Waals surface area contributed by atoms with E-state index in [0.717, 1.165) is 30.1 Å². The van der Waals surface area contributed by atoms with Gasteiger partial charge in [0.15, 0.2) is 11.5 Å². The van der Waals surface area contributed by atoms with Crippen molar-refractivity contribution in [2.75, 3.05) is 7.11 Å². The molecule has 2 aliphatic heterocycles. The topological polar surface area (TPSA) is 30.8 Å². The summed E-state index contributed by atoms with van der Waals surface area (Å²) in [6, 6.07) is 10.8. The maximum absolute atomic E-state index is 6.26. The van der Waals surface area contributed by atoms with E-state index >= 15 is 0 Å². The van der Waals surface area contributed by atoms with Crippen LogP contribution in [0.5, 0.6) is 11.5 Å². The fourth-order valence-corrected chi connectivity index (χ4v) is 4.14. The van der Waals surface area contributed by atoms with E-state index in [1.54, 1.807) is 7.11 Å². The van der Waals surface area contributed by atoms with E-state index in [2.05, 4.69) is 65.0 Å². The van der Waals surface area contributed by atoms with E-state index < -0.39 is 0 Å². The quantitative estimate of drug-likeness (QED) is 0.773. The summed E-state index contributed by atoms with van der Waals surface area (Å²) in [6.07, 6.45) is 1.77. The molecule has 4 rings (SSSR count). The van der Waals surface area contributed by atoms with Crippen molar-refractivity contribution in [3.05, 3.63) is 58.1 Å². The van der Waals surface area contributed by atoms with Crippen molar-refractivity contribution < 1.29 is 9.47 Å². The largest absolute Gasteiger partial charge is 0.493 e. The van der Waals surface area contributed by atoms with E-state index in [1.807, 2.05) is 0 Å². The summed E-state index contributed by atoms with van der Waals surface area (Å²) in [5.74, 6) is 1.72. The first-order valence-electron chi connectivity index (χ1n) is 9.28. The molecule has 0 bridgehead atoms. The lowest BCUT2D eigenvalue weighted by atomic mass is 9.81. The Balaban J connectivity index is 1.98. The number of benzene rings is 2. The van der Waals surface area contributed by atoms with Crippen molar-refractivity contribution >= 4 is 5.71 Å². The second kappa shape index (κ2) is 5.60. The Morgan fingerprint density at radius 1 is 1.04 bits per heavy atom. The van der Waals surface area contributed by atoms with Gasteiger partial charge in [0, 0.05) is 23.1 Å². The first-order valence-corrected chi connectivity index (χ1v) is 9.28. The zero-order valence-corrected chi connectivity index (χ0v) is 16.6. The fraction of sp³-hybridized carbons (Fsp3) is 0.435. The van der Waals surface area contributed by atoms with Gasteiger partial charge in [-0.15, -0.1) is 0 Å². The molecule has 0 saturated heterocycles. The Morgan fingerprint density at radius 3 is 2.38 bits per heavy atom. The number of ether oxygens (including phenoxy) is 2. The van der Waals surface area contributed by atoms with Crippen molar-refractivity contribution in [3.63, 3.8) is 0 Å². The Hall–Kier alpha value is -2.29. The van der Waals surface area contributed by atoms with Crippen LogP contribution >= 0.6 is 0 Å². The Morgan fingerprint density at radius 2 is 1.73 bits per heavy atom. The minimum atomic E-state index is -0.226. The average Bonchev–Trinajstić information content (AvgIpc) is 2.88. The number of hydrogen-bond acceptors (Lipinski definition) is 3. The molecule has 0 aliphatic carbocycles. The van der Waals surface area contributed by atoms with Crippen LogP contribution < -0.4 is 9.47 Å². The zero-order chi connectivity index (χ0) is 18.7. The molecule has 0 unspecified atom stereocenters. The summed E-state index contributed by atoms with van der Waals surface area (Å²) in [5, 5.41) is 0. The van der Waals surface area contributed by atoms with Crippen molar-refractivity contribution in [1.29, 1.82) is 0 Å². The Labute approximate surface area is 156 Å². The summed E-state index contributed by atoms with van der Waals surface area (Å²) in [6.45, 7) is 10.8. The molecular weight excluding hydrogens is 322 g/mol. The molecule has 0 aromatic heterocycles. The number of hydrogen-bond donors (Lipinski definition) is 0. The van der Waals surface area contributed by atoms with Crippen LogP contribution in [-0.2, 0) is 12.8 Å². The molecule has 26 heavy (non-hydrogen) atoms. The number of fused-ring (bicyclic) bond motifs is 3. The molecule has 0 fully saturated rings. The molecule has 2 aromatic carbocycles. The van der Waals surface area contributed by atoms with Crippen LogP contribution in [0.1, 0.15) is 55.5 Å². The summed E-state index contributed by atoms with van der Waals surface area (Å²) in [7, 11) is 1.72. The van der Waals surface area contributed by atoms with Crippen molar-refractivity contribution in [2.24, 2.45) is 4.99 Å². The van der Waals surface area contributed by atoms with Crippen LogP contribution in [0.3, 0.4) is 0 Å². The molecule has 0 atom stereocenters. The highest BCUT2D eigenvalue weighted by atomic mass is 16.5. The number of methoxy groups -OCH3 is 1. The van der Waals surface area contributed by atoms with Gasteiger partial charge in [0.05, 0.1) is 18.4 Å². The molecule has 0 radical (unpaired) electrons. The molecule has 0 N–H and O–H groups in total. The lowest BCUT2D eigenvalue weighted by Crippen LogP contribution is -2.30. The number of aryl methyl sites for hydroxylation is 1. The molecular formula is C23H27NO2. The van der Waals surface area contributed by atoms with Crippen LogP contribution in [0, 0.1) is 6.92 Å². The Kier molecular flexibility index (Phi) is 3.69. The monoisotopic (exact) mass is 349 g/mol. The minimum Gasteiger partial charge on any atom is -0.493 e. The maximum atomic E-state index is 6.26. The summed E-state index contributed by atoms with van der Waals surface area (Å²) < 4.78 is 11.9. The first kappa shape index (κ1) is 17.1. The second-order valence-corrected chi connectivity index (χ2v) is 8.77. The van der Waals surface area contributed by atoms with Crippen LogP contribution in [0.2, 0.25) is 0 Å². The normalized spacial score (nSPS) is 19.2. The van der Waals surface area contributed by atoms with Gasteiger partial charge in [-0.05, 0) is 52.7 Å². The first-order chi connectivity index (χ1) is 12.2. The molecule has 3 nitrogen and oxygen atoms in total. The maximum Gasteiger partial charge on any atom is 0.166 e. The highest BCUT2D eigenvalue weighted by molar-refractivity contribution is 6.16. The van der Waals surface area contributed by atoms with E-state index in [4.69, 9.17) is 14.5 Å². The van der Waals surface area contributed by atoms with E-state index in [-0.39, 0.29) is 11.1 Å². The summed E-state index contributed by atoms with van der Waals surface area (Å²) >= 11 is 0. The second-order valence-electron chi connectivity index (χ2n) is 8.77. The number of aliphatic imine (C=N–C) groups is 1. The lowest BCUT2D eigenvalue weighted by molar-refractivity contribution is 0.134. The molecule has 136 valence electrons. The van der Waals surface area contributed by atoms with Crippen molar-refractivity contribution in [3.8, 4) is 11.5 Å². The van der Waals surface area contributed by atoms with Crippen LogP contribution in [0.4, 0.5) is 0 Å². The van der Waals surface area contributed by atoms with Gasteiger partial charge < -0.3 is 9.47 Å². The van der Waals surface area contributed by atoms with Gasteiger partial charge in [0.25, 0.3) is 0 Å². The fourth-order valence-electron chi connectivity index (χ4n) is 4.14. The standard InChI is InChI=1S/C23H27NO2/c1-14-7-9-15(10-8-14)20-19-16(12-22(2,3)24-20)11-18(25-6)21-17(19)13-23(4,5)26-21/h7-11H,12-13H2,1-6H3. The summed E-state index contributed by atoms with van der Waals surface area (Å²) in [5.41, 5.74) is 6.93. The van der Waals surface area contributed by atoms with E-state index in [1.165, 1.54) is 27.8 Å². The van der Waals surface area contributed by atoms with Gasteiger partial charge in [-0.1, -0.05) is 29.8 Å². The third-order valence-corrected chi connectivity index (χ3v) is 5.23. The predicted molar refractivity (Wildman–Crippen MR) is 106 cm³/mol. The van der Waals surface area contributed by atoms with Gasteiger partial charge in [-0.2, -0.15) is 0 Å². The molecule has 0 amide bonds. The van der Waals surface area contributed by atoms with Gasteiger partial charge >= 0.3 is 0 Å². The van der Waals surface area contributed by atoms with Gasteiger partial charge in [-0.3, -0.25) is 4.99 Å². The predicted octanol–water partition coefficient (Wildman–Crippen LogP) is 4.89. The molecule has 2 aromatic rings. The molecule has 2 heterocycles. The van der Waals surface area contributed by atoms with Gasteiger partial charge in [-0.25, -0.2) is 0 Å². The molecule has 2 aliphatic rings. The van der Waals surface area contributed by atoms with Crippen molar-refractivity contribution in [1.82, 2.24) is 0 Å². The SMILES string of the molecule is COc1cc2c(c3c1OC(C)(C)C3)C(c1ccc(C)cc1)=NC(C)(C)C2. The lowest BCUT2D eigenvalue weighted by Gasteiger charge is -2.31. The van der Waals surface area contributed by atoms with E-state index in [0.29, 0.717) is 0 Å². The third-order valence-electron chi connectivity index (χ3n) is 5.23. The Bertz CT molecular complexity index is 905. The van der Waals surface area contributed by atoms with Crippen molar-refractivity contribution in [2.45, 2.75) is 58.6 Å². The molecule has 0 spiro atoms. The summed E-state index contributed by atoms with van der Waals surface area (Å²) in [4.78, 5) is 5.16. The molecule has 3 heteroatoms. The van der Waals surface area contributed by atoms with E-state index in [9.17, 15) is 0 Å². The highest BCUT2D eigenvalue weighted by Crippen LogP contribution is 2.47. The average molecular weight is 349 g/mol. The van der Waals surface area contributed by atoms with Crippen LogP contribution in [0.25, 0.3) is 0 Å². The van der Waals surface area contributed by atoms with Crippen LogP contribution in [-0.4, -0.2) is 24.0 Å². The van der Waals surface area contributed by atoms with Gasteiger partial charge in [0.2, 0.25) is 0 Å². The van der Waals surface area contributed by atoms with Crippen LogP contribution in [0.15, 0.2) is 35.3 Å². The highest BCUT2D eigenvalue weighted by Gasteiger charge is 2.39. The molecule has 0 saturated carbocycles. The minimum absolute atomic E-state index is 0.137. The number of nitrogens with zero attached hydrogens (tertiary/aromatic N) is 1.